The molecule has 0 atom stereocenters. The van der Waals surface area contributed by atoms with Gasteiger partial charge in [0.25, 0.3) is 0 Å². The summed E-state index contributed by atoms with van der Waals surface area (Å²) in [6.07, 6.45) is 6.60. The van der Waals surface area contributed by atoms with Crippen molar-refractivity contribution in [3.8, 4) is 0 Å². The molecule has 1 rings (SSSR count). The summed E-state index contributed by atoms with van der Waals surface area (Å²) in [7, 11) is -3.45. The van der Waals surface area contributed by atoms with Gasteiger partial charge in [-0.2, -0.15) is 0 Å². The molecule has 17 heavy (non-hydrogen) atoms. The molecular formula is C12H21O4P. The molecule has 5 heteroatoms. The van der Waals surface area contributed by atoms with Gasteiger partial charge in [0.1, 0.15) is 5.76 Å². The molecule has 0 N–H and O–H groups in total. The van der Waals surface area contributed by atoms with E-state index in [0.29, 0.717) is 19.0 Å². The molecule has 1 aliphatic carbocycles. The second kappa shape index (κ2) is 5.85. The summed E-state index contributed by atoms with van der Waals surface area (Å²) >= 11 is 0. The third kappa shape index (κ3) is 4.66. The molecule has 0 aromatic heterocycles. The molecule has 0 unspecified atom stereocenters. The van der Waals surface area contributed by atoms with Crippen LogP contribution in [0.2, 0.25) is 0 Å². The van der Waals surface area contributed by atoms with Crippen LogP contribution in [0.3, 0.4) is 0 Å². The van der Waals surface area contributed by atoms with E-state index in [9.17, 15) is 4.57 Å². The van der Waals surface area contributed by atoms with Crippen LogP contribution in [0.15, 0.2) is 24.0 Å². The first kappa shape index (κ1) is 14.5. The van der Waals surface area contributed by atoms with E-state index in [-0.39, 0.29) is 5.41 Å². The van der Waals surface area contributed by atoms with Crippen molar-refractivity contribution in [2.75, 3.05) is 13.2 Å². The van der Waals surface area contributed by atoms with E-state index in [4.69, 9.17) is 13.6 Å². The fraction of sp³-hybridized carbons (Fsp3) is 0.667. The van der Waals surface area contributed by atoms with Gasteiger partial charge in [-0.3, -0.25) is 9.05 Å². The molecule has 0 radical (unpaired) electrons. The zero-order valence-electron chi connectivity index (χ0n) is 10.9. The molecule has 0 saturated carbocycles. The minimum atomic E-state index is -3.45. The minimum Gasteiger partial charge on any atom is -0.404 e. The first-order valence-electron chi connectivity index (χ1n) is 5.89. The van der Waals surface area contributed by atoms with Crippen molar-refractivity contribution in [2.45, 2.75) is 34.1 Å². The van der Waals surface area contributed by atoms with E-state index < -0.39 is 7.82 Å². The Balaban J connectivity index is 2.67. The van der Waals surface area contributed by atoms with Crippen LogP contribution in [0.1, 0.15) is 34.1 Å². The highest BCUT2D eigenvalue weighted by Gasteiger charge is 2.29. The summed E-state index contributed by atoms with van der Waals surface area (Å²) in [5, 5.41) is 0. The van der Waals surface area contributed by atoms with Crippen LogP contribution in [0.5, 0.6) is 0 Å². The Bertz CT molecular complexity index is 348. The molecule has 0 aliphatic heterocycles. The molecule has 0 spiro atoms. The monoisotopic (exact) mass is 260 g/mol. The lowest BCUT2D eigenvalue weighted by atomic mass is 9.86. The predicted octanol–water partition coefficient (Wildman–Crippen LogP) is 4.05. The number of hydrogen-bond donors (Lipinski definition) is 0. The zero-order chi connectivity index (χ0) is 12.9. The van der Waals surface area contributed by atoms with Gasteiger partial charge in [0, 0.05) is 0 Å². The van der Waals surface area contributed by atoms with Crippen molar-refractivity contribution in [1.29, 1.82) is 0 Å². The number of phosphoric ester groups is 1. The molecule has 0 aromatic carbocycles. The van der Waals surface area contributed by atoms with Crippen molar-refractivity contribution in [3.05, 3.63) is 24.0 Å². The van der Waals surface area contributed by atoms with Gasteiger partial charge in [-0.15, -0.1) is 0 Å². The normalized spacial score (nSPS) is 18.9. The summed E-state index contributed by atoms with van der Waals surface area (Å²) in [4.78, 5) is 0. The Hall–Kier alpha value is -0.570. The quantitative estimate of drug-likeness (QED) is 0.676. The third-order valence-corrected chi connectivity index (χ3v) is 3.90. The minimum absolute atomic E-state index is 0.119. The summed E-state index contributed by atoms with van der Waals surface area (Å²) in [6.45, 7) is 8.34. The van der Waals surface area contributed by atoms with Gasteiger partial charge in [0.15, 0.2) is 0 Å². The van der Waals surface area contributed by atoms with Crippen molar-refractivity contribution < 1.29 is 18.1 Å². The van der Waals surface area contributed by atoms with Crippen molar-refractivity contribution >= 4 is 7.82 Å². The molecule has 0 heterocycles. The van der Waals surface area contributed by atoms with Gasteiger partial charge in [-0.05, 0) is 37.8 Å². The highest BCUT2D eigenvalue weighted by atomic mass is 31.2. The summed E-state index contributed by atoms with van der Waals surface area (Å²) in [6, 6.07) is 0. The maximum atomic E-state index is 12.1. The number of allylic oxidation sites excluding steroid dienone is 3. The summed E-state index contributed by atoms with van der Waals surface area (Å²) in [5.74, 6) is 0.551. The predicted molar refractivity (Wildman–Crippen MR) is 67.6 cm³/mol. The molecule has 0 aromatic rings. The lowest BCUT2D eigenvalue weighted by Gasteiger charge is -2.24. The smallest absolute Gasteiger partial charge is 0.404 e. The van der Waals surface area contributed by atoms with Gasteiger partial charge in [-0.1, -0.05) is 19.9 Å². The van der Waals surface area contributed by atoms with Crippen molar-refractivity contribution in [1.82, 2.24) is 0 Å². The van der Waals surface area contributed by atoms with Gasteiger partial charge in [0.2, 0.25) is 0 Å². The second-order valence-electron chi connectivity index (χ2n) is 4.51. The zero-order valence-corrected chi connectivity index (χ0v) is 11.8. The van der Waals surface area contributed by atoms with E-state index in [1.165, 1.54) is 0 Å². The fourth-order valence-electron chi connectivity index (χ4n) is 1.41. The average Bonchev–Trinajstić information content (AvgIpc) is 2.22. The van der Waals surface area contributed by atoms with E-state index in [2.05, 4.69) is 13.8 Å². The van der Waals surface area contributed by atoms with E-state index in [0.717, 1.165) is 6.42 Å². The van der Waals surface area contributed by atoms with Crippen LogP contribution in [-0.4, -0.2) is 13.2 Å². The van der Waals surface area contributed by atoms with Crippen molar-refractivity contribution in [2.24, 2.45) is 5.41 Å². The average molecular weight is 260 g/mol. The lowest BCUT2D eigenvalue weighted by Crippen LogP contribution is -2.10. The largest absolute Gasteiger partial charge is 0.530 e. The Kier molecular flexibility index (Phi) is 4.99. The second-order valence-corrected chi connectivity index (χ2v) is 6.10. The fourth-order valence-corrected chi connectivity index (χ4v) is 2.62. The summed E-state index contributed by atoms with van der Waals surface area (Å²) in [5.41, 5.74) is 0.119. The van der Waals surface area contributed by atoms with Crippen LogP contribution in [0.4, 0.5) is 0 Å². The molecule has 1 aliphatic rings. The molecule has 0 amide bonds. The lowest BCUT2D eigenvalue weighted by molar-refractivity contribution is 0.147. The molecular weight excluding hydrogens is 239 g/mol. The Labute approximate surface area is 103 Å². The van der Waals surface area contributed by atoms with E-state index in [1.54, 1.807) is 13.8 Å². The van der Waals surface area contributed by atoms with Gasteiger partial charge in [-0.25, -0.2) is 4.57 Å². The third-order valence-electron chi connectivity index (χ3n) is 2.32. The Morgan fingerprint density at radius 1 is 1.29 bits per heavy atom. The first-order valence-corrected chi connectivity index (χ1v) is 7.35. The highest BCUT2D eigenvalue weighted by Crippen LogP contribution is 2.52. The molecule has 4 nitrogen and oxygen atoms in total. The molecule has 0 fully saturated rings. The number of hydrogen-bond acceptors (Lipinski definition) is 4. The molecule has 98 valence electrons. The standard InChI is InChI=1S/C12H21O4P/c1-5-14-17(13,15-6-2)16-11-7-9-12(3,4)10-8-11/h7-9H,5-6,10H2,1-4H3. The van der Waals surface area contributed by atoms with Gasteiger partial charge < -0.3 is 4.52 Å². The maximum absolute atomic E-state index is 12.1. The maximum Gasteiger partial charge on any atom is 0.530 e. The first-order chi connectivity index (χ1) is 7.91. The highest BCUT2D eigenvalue weighted by molar-refractivity contribution is 7.48. The van der Waals surface area contributed by atoms with Crippen LogP contribution >= 0.6 is 7.82 Å². The van der Waals surface area contributed by atoms with Crippen molar-refractivity contribution in [3.63, 3.8) is 0 Å². The number of phosphoric acid groups is 1. The SMILES string of the molecule is CCOP(=O)(OCC)OC1=CCC(C)(C)C=C1. The van der Waals surface area contributed by atoms with Gasteiger partial charge >= 0.3 is 7.82 Å². The molecule has 0 bridgehead atoms. The van der Waals surface area contributed by atoms with Crippen LogP contribution in [0.25, 0.3) is 0 Å². The Morgan fingerprint density at radius 3 is 2.29 bits per heavy atom. The Morgan fingerprint density at radius 2 is 1.88 bits per heavy atom. The molecule has 0 saturated heterocycles. The van der Waals surface area contributed by atoms with Crippen LogP contribution in [0, 0.1) is 5.41 Å². The van der Waals surface area contributed by atoms with Gasteiger partial charge in [0.05, 0.1) is 13.2 Å². The topological polar surface area (TPSA) is 44.8 Å². The van der Waals surface area contributed by atoms with E-state index >= 15 is 0 Å². The van der Waals surface area contributed by atoms with Crippen LogP contribution < -0.4 is 0 Å². The summed E-state index contributed by atoms with van der Waals surface area (Å²) < 4.78 is 27.6. The van der Waals surface area contributed by atoms with Crippen LogP contribution in [-0.2, 0) is 18.1 Å². The van der Waals surface area contributed by atoms with E-state index in [1.807, 2.05) is 18.2 Å². The number of rotatable bonds is 6.